The molecule has 0 atom stereocenters. The first-order valence-electron chi connectivity index (χ1n) is 5.33. The number of benzene rings is 1. The van der Waals surface area contributed by atoms with Crippen LogP contribution < -0.4 is 9.47 Å². The number of fused-ring (bicyclic) bond motifs is 1. The summed E-state index contributed by atoms with van der Waals surface area (Å²) in [5.74, 6) is -0.700. The summed E-state index contributed by atoms with van der Waals surface area (Å²) < 4.78 is 34.3. The van der Waals surface area contributed by atoms with Crippen molar-refractivity contribution in [2.75, 3.05) is 19.0 Å². The molecule has 1 aliphatic rings. The van der Waals surface area contributed by atoms with Crippen LogP contribution >= 0.6 is 0 Å². The summed E-state index contributed by atoms with van der Waals surface area (Å²) in [6.45, 7) is 0.795. The molecule has 18 heavy (non-hydrogen) atoms. The highest BCUT2D eigenvalue weighted by Gasteiger charge is 2.20. The Morgan fingerprint density at radius 2 is 1.89 bits per heavy atom. The summed E-state index contributed by atoms with van der Waals surface area (Å²) in [5, 5.41) is 8.51. The van der Waals surface area contributed by atoms with Crippen molar-refractivity contribution in [3.63, 3.8) is 0 Å². The molecule has 0 spiro atoms. The third-order valence-electron chi connectivity index (χ3n) is 2.46. The summed E-state index contributed by atoms with van der Waals surface area (Å²) >= 11 is 0. The molecule has 0 amide bonds. The fourth-order valence-corrected chi connectivity index (χ4v) is 2.80. The van der Waals surface area contributed by atoms with E-state index in [0.29, 0.717) is 24.7 Å². The van der Waals surface area contributed by atoms with E-state index in [0.717, 1.165) is 0 Å². The maximum Gasteiger partial charge on any atom is 0.304 e. The molecule has 0 fully saturated rings. The number of carbonyl (C=O) groups is 1. The summed E-state index contributed by atoms with van der Waals surface area (Å²) in [6, 6.07) is 4.28. The number of carboxylic acid groups (broad SMARTS) is 1. The van der Waals surface area contributed by atoms with E-state index >= 15 is 0 Å². The van der Waals surface area contributed by atoms with Crippen molar-refractivity contribution in [1.29, 1.82) is 0 Å². The first-order valence-corrected chi connectivity index (χ1v) is 6.98. The molecule has 0 aliphatic carbocycles. The van der Waals surface area contributed by atoms with E-state index in [1.807, 2.05) is 0 Å². The maximum atomic E-state index is 11.9. The molecule has 0 aromatic heterocycles. The molecule has 6 nitrogen and oxygen atoms in total. The maximum absolute atomic E-state index is 11.9. The predicted molar refractivity (Wildman–Crippen MR) is 61.7 cm³/mol. The zero-order valence-corrected chi connectivity index (χ0v) is 10.3. The second kappa shape index (κ2) is 4.85. The Balaban J connectivity index is 2.25. The van der Waals surface area contributed by atoms with Gasteiger partial charge < -0.3 is 14.6 Å². The molecule has 2 rings (SSSR count). The van der Waals surface area contributed by atoms with Gasteiger partial charge in [-0.1, -0.05) is 0 Å². The van der Waals surface area contributed by atoms with Gasteiger partial charge >= 0.3 is 5.97 Å². The van der Waals surface area contributed by atoms with Gasteiger partial charge in [0.1, 0.15) is 13.2 Å². The van der Waals surface area contributed by atoms with Crippen LogP contribution in [0.25, 0.3) is 0 Å². The Kier molecular flexibility index (Phi) is 3.42. The van der Waals surface area contributed by atoms with Crippen LogP contribution in [0.1, 0.15) is 6.42 Å². The van der Waals surface area contributed by atoms with E-state index in [2.05, 4.69) is 0 Å². The van der Waals surface area contributed by atoms with Crippen molar-refractivity contribution in [2.24, 2.45) is 0 Å². The van der Waals surface area contributed by atoms with E-state index in [-0.39, 0.29) is 4.90 Å². The van der Waals surface area contributed by atoms with Crippen LogP contribution in [-0.4, -0.2) is 38.5 Å². The highest BCUT2D eigenvalue weighted by Crippen LogP contribution is 2.32. The van der Waals surface area contributed by atoms with E-state index in [4.69, 9.17) is 14.6 Å². The zero-order valence-electron chi connectivity index (χ0n) is 9.46. The van der Waals surface area contributed by atoms with Crippen molar-refractivity contribution < 1.29 is 27.8 Å². The number of ether oxygens (including phenoxy) is 2. The quantitative estimate of drug-likeness (QED) is 0.868. The molecular weight excluding hydrogens is 260 g/mol. The molecule has 7 heteroatoms. The lowest BCUT2D eigenvalue weighted by molar-refractivity contribution is -0.136. The van der Waals surface area contributed by atoms with Crippen LogP contribution in [-0.2, 0) is 14.6 Å². The van der Waals surface area contributed by atoms with Gasteiger partial charge in [-0.05, 0) is 12.1 Å². The van der Waals surface area contributed by atoms with Crippen LogP contribution in [0.4, 0.5) is 0 Å². The topological polar surface area (TPSA) is 89.9 Å². The summed E-state index contributed by atoms with van der Waals surface area (Å²) in [4.78, 5) is 10.4. The fourth-order valence-electron chi connectivity index (χ4n) is 1.56. The highest BCUT2D eigenvalue weighted by molar-refractivity contribution is 7.91. The monoisotopic (exact) mass is 272 g/mol. The fraction of sp³-hybridized carbons (Fsp3) is 0.364. The van der Waals surface area contributed by atoms with Crippen molar-refractivity contribution in [3.05, 3.63) is 18.2 Å². The Bertz CT molecular complexity index is 563. The summed E-state index contributed by atoms with van der Waals surface area (Å²) in [7, 11) is -3.61. The van der Waals surface area contributed by atoms with Crippen LogP contribution in [0.15, 0.2) is 23.1 Å². The Morgan fingerprint density at radius 1 is 1.22 bits per heavy atom. The normalized spacial score (nSPS) is 14.2. The number of hydrogen-bond donors (Lipinski definition) is 1. The molecule has 1 aromatic carbocycles. The molecular formula is C11H12O6S. The van der Waals surface area contributed by atoms with Gasteiger partial charge in [0, 0.05) is 6.07 Å². The number of hydrogen-bond acceptors (Lipinski definition) is 5. The highest BCUT2D eigenvalue weighted by atomic mass is 32.2. The first kappa shape index (κ1) is 12.7. The number of rotatable bonds is 4. The predicted octanol–water partition coefficient (Wildman–Crippen LogP) is 0.706. The Labute approximate surface area is 104 Å². The molecule has 0 bridgehead atoms. The second-order valence-corrected chi connectivity index (χ2v) is 5.88. The average molecular weight is 272 g/mol. The summed E-state index contributed by atoms with van der Waals surface area (Å²) in [6.07, 6.45) is -0.420. The van der Waals surface area contributed by atoms with Gasteiger partial charge in [-0.2, -0.15) is 0 Å². The van der Waals surface area contributed by atoms with Crippen molar-refractivity contribution in [1.82, 2.24) is 0 Å². The lowest BCUT2D eigenvalue weighted by atomic mass is 10.3. The molecule has 1 aromatic rings. The first-order chi connectivity index (χ1) is 8.49. The van der Waals surface area contributed by atoms with Crippen LogP contribution in [0, 0.1) is 0 Å². The smallest absolute Gasteiger partial charge is 0.304 e. The van der Waals surface area contributed by atoms with Gasteiger partial charge in [0.15, 0.2) is 21.3 Å². The van der Waals surface area contributed by atoms with Gasteiger partial charge in [0.25, 0.3) is 0 Å². The second-order valence-electron chi connectivity index (χ2n) is 3.77. The molecule has 0 saturated heterocycles. The van der Waals surface area contributed by atoms with Gasteiger partial charge in [-0.25, -0.2) is 8.42 Å². The van der Waals surface area contributed by atoms with Crippen LogP contribution in [0.3, 0.4) is 0 Å². The minimum atomic E-state index is -3.61. The van der Waals surface area contributed by atoms with Gasteiger partial charge in [0.05, 0.1) is 17.1 Å². The third-order valence-corrected chi connectivity index (χ3v) is 4.17. The van der Waals surface area contributed by atoms with E-state index in [1.165, 1.54) is 18.2 Å². The van der Waals surface area contributed by atoms with Crippen LogP contribution in [0.2, 0.25) is 0 Å². The molecule has 1 N–H and O–H groups in total. The largest absolute Gasteiger partial charge is 0.486 e. The molecule has 1 heterocycles. The molecule has 0 unspecified atom stereocenters. The third kappa shape index (κ3) is 2.73. The average Bonchev–Trinajstić information content (AvgIpc) is 2.36. The lowest BCUT2D eigenvalue weighted by Gasteiger charge is -2.18. The van der Waals surface area contributed by atoms with Crippen molar-refractivity contribution >= 4 is 15.8 Å². The molecule has 98 valence electrons. The standard InChI is InChI=1S/C11H12O6S/c12-11(13)3-6-18(14,15)8-1-2-9-10(7-8)17-5-4-16-9/h1-2,7H,3-6H2,(H,12,13). The van der Waals surface area contributed by atoms with Gasteiger partial charge in [-0.3, -0.25) is 4.79 Å². The minimum absolute atomic E-state index is 0.0491. The van der Waals surface area contributed by atoms with E-state index in [9.17, 15) is 13.2 Å². The SMILES string of the molecule is O=C(O)CCS(=O)(=O)c1ccc2c(c1)OCCO2. The molecule has 0 radical (unpaired) electrons. The van der Waals surface area contributed by atoms with E-state index < -0.39 is 28.0 Å². The van der Waals surface area contributed by atoms with Crippen molar-refractivity contribution in [2.45, 2.75) is 11.3 Å². The van der Waals surface area contributed by atoms with Gasteiger partial charge in [0.2, 0.25) is 0 Å². The lowest BCUT2D eigenvalue weighted by Crippen LogP contribution is -2.16. The Hall–Kier alpha value is -1.76. The summed E-state index contributed by atoms with van der Waals surface area (Å²) in [5.41, 5.74) is 0. The van der Waals surface area contributed by atoms with Gasteiger partial charge in [-0.15, -0.1) is 0 Å². The minimum Gasteiger partial charge on any atom is -0.486 e. The molecule has 1 aliphatic heterocycles. The zero-order chi connectivity index (χ0) is 13.2. The van der Waals surface area contributed by atoms with Crippen molar-refractivity contribution in [3.8, 4) is 11.5 Å². The molecule has 0 saturated carbocycles. The number of sulfone groups is 1. The number of aliphatic carboxylic acids is 1. The van der Waals surface area contributed by atoms with Crippen LogP contribution in [0.5, 0.6) is 11.5 Å². The number of carboxylic acids is 1. The van der Waals surface area contributed by atoms with E-state index in [1.54, 1.807) is 0 Å². The Morgan fingerprint density at radius 3 is 2.56 bits per heavy atom.